The van der Waals surface area contributed by atoms with Gasteiger partial charge < -0.3 is 10.4 Å². The van der Waals surface area contributed by atoms with Crippen LogP contribution in [0.1, 0.15) is 18.9 Å². The number of hydrogen-bond acceptors (Lipinski definition) is 3. The maximum absolute atomic E-state index is 9.08. The molecule has 0 unspecified atom stereocenters. The summed E-state index contributed by atoms with van der Waals surface area (Å²) >= 11 is 0. The second kappa shape index (κ2) is 3.15. The Hall–Kier alpha value is -1.03. The molecule has 0 spiro atoms. The molecular formula is C8H13N3O. The van der Waals surface area contributed by atoms with Crippen LogP contribution in [0.5, 0.6) is 5.75 Å². The molecule has 2 N–H and O–H groups in total. The number of hydrogen-bond donors (Lipinski definition) is 2. The van der Waals surface area contributed by atoms with Crippen LogP contribution in [0.15, 0.2) is 12.4 Å². The van der Waals surface area contributed by atoms with Gasteiger partial charge in [-0.05, 0) is 25.9 Å². The Kier molecular flexibility index (Phi) is 1.99. The topological polar surface area (TPSA) is 50.1 Å². The van der Waals surface area contributed by atoms with E-state index in [0.29, 0.717) is 6.04 Å². The standard InChI is InChI=1S/C8H13N3O/c12-8-5-10-11(6-8)7-1-3-9-4-2-7/h5-7,9,12H,1-4H2. The van der Waals surface area contributed by atoms with Crippen molar-refractivity contribution in [2.75, 3.05) is 13.1 Å². The molecule has 2 rings (SSSR count). The van der Waals surface area contributed by atoms with Crippen molar-refractivity contribution in [1.29, 1.82) is 0 Å². The minimum Gasteiger partial charge on any atom is -0.505 e. The highest BCUT2D eigenvalue weighted by atomic mass is 16.3. The van der Waals surface area contributed by atoms with Crippen LogP contribution in [0.2, 0.25) is 0 Å². The molecule has 0 radical (unpaired) electrons. The van der Waals surface area contributed by atoms with Crippen molar-refractivity contribution in [1.82, 2.24) is 15.1 Å². The van der Waals surface area contributed by atoms with Gasteiger partial charge >= 0.3 is 0 Å². The SMILES string of the molecule is Oc1cnn(C2CCNCC2)c1. The number of rotatable bonds is 1. The summed E-state index contributed by atoms with van der Waals surface area (Å²) in [6, 6.07) is 0.465. The number of nitrogens with one attached hydrogen (secondary N) is 1. The van der Waals surface area contributed by atoms with Crippen LogP contribution in [-0.4, -0.2) is 28.0 Å². The Morgan fingerprint density at radius 1 is 1.50 bits per heavy atom. The third kappa shape index (κ3) is 1.43. The van der Waals surface area contributed by atoms with Gasteiger partial charge in [0.25, 0.3) is 0 Å². The maximum Gasteiger partial charge on any atom is 0.153 e. The lowest BCUT2D eigenvalue weighted by Crippen LogP contribution is -2.29. The molecule has 2 heterocycles. The Balaban J connectivity index is 2.08. The van der Waals surface area contributed by atoms with Crippen LogP contribution in [0, 0.1) is 0 Å². The summed E-state index contributed by atoms with van der Waals surface area (Å²) in [5.41, 5.74) is 0. The van der Waals surface area contributed by atoms with Crippen molar-refractivity contribution in [3.05, 3.63) is 12.4 Å². The van der Waals surface area contributed by atoms with E-state index >= 15 is 0 Å². The second-order valence-corrected chi connectivity index (χ2v) is 3.16. The molecule has 1 aromatic rings. The van der Waals surface area contributed by atoms with Gasteiger partial charge in [-0.3, -0.25) is 4.68 Å². The molecule has 1 aliphatic heterocycles. The Labute approximate surface area is 71.2 Å². The largest absolute Gasteiger partial charge is 0.505 e. The lowest BCUT2D eigenvalue weighted by molar-refractivity contribution is 0.342. The third-order valence-electron chi connectivity index (χ3n) is 2.27. The van der Waals surface area contributed by atoms with E-state index in [-0.39, 0.29) is 5.75 Å². The first-order chi connectivity index (χ1) is 5.86. The minimum absolute atomic E-state index is 0.258. The molecule has 0 aliphatic carbocycles. The predicted molar refractivity (Wildman–Crippen MR) is 45.0 cm³/mol. The van der Waals surface area contributed by atoms with Gasteiger partial charge in [0.1, 0.15) is 0 Å². The first-order valence-corrected chi connectivity index (χ1v) is 4.30. The van der Waals surface area contributed by atoms with Gasteiger partial charge in [0.2, 0.25) is 0 Å². The Morgan fingerprint density at radius 3 is 2.83 bits per heavy atom. The van der Waals surface area contributed by atoms with Crippen molar-refractivity contribution in [3.8, 4) is 5.75 Å². The summed E-state index contributed by atoms with van der Waals surface area (Å²) in [6.45, 7) is 2.09. The van der Waals surface area contributed by atoms with E-state index in [9.17, 15) is 0 Å². The molecule has 66 valence electrons. The molecule has 1 fully saturated rings. The molecule has 0 saturated carbocycles. The van der Waals surface area contributed by atoms with Crippen LogP contribution < -0.4 is 5.32 Å². The van der Waals surface area contributed by atoms with Gasteiger partial charge in [-0.25, -0.2) is 0 Å². The third-order valence-corrected chi connectivity index (χ3v) is 2.27. The highest BCUT2D eigenvalue weighted by molar-refractivity contribution is 5.09. The van der Waals surface area contributed by atoms with Gasteiger partial charge in [0.05, 0.1) is 18.4 Å². The van der Waals surface area contributed by atoms with E-state index in [4.69, 9.17) is 5.11 Å². The average Bonchev–Trinajstić information content (AvgIpc) is 2.54. The number of aromatic nitrogens is 2. The molecule has 1 aromatic heterocycles. The highest BCUT2D eigenvalue weighted by Crippen LogP contribution is 2.19. The lowest BCUT2D eigenvalue weighted by Gasteiger charge is -2.22. The van der Waals surface area contributed by atoms with E-state index in [1.165, 1.54) is 6.20 Å². The van der Waals surface area contributed by atoms with E-state index in [1.54, 1.807) is 6.20 Å². The fraction of sp³-hybridized carbons (Fsp3) is 0.625. The second-order valence-electron chi connectivity index (χ2n) is 3.16. The van der Waals surface area contributed by atoms with Crippen LogP contribution in [0.3, 0.4) is 0 Å². The lowest BCUT2D eigenvalue weighted by atomic mass is 10.1. The molecule has 4 nitrogen and oxygen atoms in total. The fourth-order valence-corrected chi connectivity index (χ4v) is 1.60. The van der Waals surface area contributed by atoms with E-state index in [2.05, 4.69) is 10.4 Å². The number of aromatic hydroxyl groups is 1. The number of piperidine rings is 1. The highest BCUT2D eigenvalue weighted by Gasteiger charge is 2.15. The number of nitrogens with zero attached hydrogens (tertiary/aromatic N) is 2. The molecular weight excluding hydrogens is 154 g/mol. The van der Waals surface area contributed by atoms with Crippen molar-refractivity contribution >= 4 is 0 Å². The zero-order chi connectivity index (χ0) is 8.39. The molecule has 1 aliphatic rings. The first-order valence-electron chi connectivity index (χ1n) is 4.30. The zero-order valence-corrected chi connectivity index (χ0v) is 6.90. The van der Waals surface area contributed by atoms with E-state index in [0.717, 1.165) is 25.9 Å². The Morgan fingerprint density at radius 2 is 2.25 bits per heavy atom. The van der Waals surface area contributed by atoms with Gasteiger partial charge in [0, 0.05) is 0 Å². The van der Waals surface area contributed by atoms with Crippen LogP contribution in [0.4, 0.5) is 0 Å². The van der Waals surface area contributed by atoms with Crippen molar-refractivity contribution in [2.24, 2.45) is 0 Å². The molecule has 0 atom stereocenters. The molecule has 0 aromatic carbocycles. The van der Waals surface area contributed by atoms with Gasteiger partial charge in [-0.2, -0.15) is 5.10 Å². The summed E-state index contributed by atoms with van der Waals surface area (Å²) in [4.78, 5) is 0. The fourth-order valence-electron chi connectivity index (χ4n) is 1.60. The van der Waals surface area contributed by atoms with Crippen molar-refractivity contribution in [3.63, 3.8) is 0 Å². The average molecular weight is 167 g/mol. The maximum atomic E-state index is 9.08. The predicted octanol–water partition coefficient (Wildman–Crippen LogP) is 0.513. The van der Waals surface area contributed by atoms with Gasteiger partial charge in [-0.1, -0.05) is 0 Å². The van der Waals surface area contributed by atoms with Crippen LogP contribution in [-0.2, 0) is 0 Å². The zero-order valence-electron chi connectivity index (χ0n) is 6.90. The van der Waals surface area contributed by atoms with Gasteiger partial charge in [-0.15, -0.1) is 0 Å². The van der Waals surface area contributed by atoms with Crippen LogP contribution in [0.25, 0.3) is 0 Å². The molecule has 1 saturated heterocycles. The van der Waals surface area contributed by atoms with E-state index in [1.807, 2.05) is 4.68 Å². The van der Waals surface area contributed by atoms with E-state index < -0.39 is 0 Å². The smallest absolute Gasteiger partial charge is 0.153 e. The quantitative estimate of drug-likeness (QED) is 0.641. The summed E-state index contributed by atoms with van der Waals surface area (Å²) in [5, 5.41) is 16.5. The minimum atomic E-state index is 0.258. The molecule has 0 bridgehead atoms. The van der Waals surface area contributed by atoms with Gasteiger partial charge in [0.15, 0.2) is 5.75 Å². The first kappa shape index (κ1) is 7.61. The Bertz CT molecular complexity index is 253. The van der Waals surface area contributed by atoms with Crippen molar-refractivity contribution < 1.29 is 5.11 Å². The summed E-state index contributed by atoms with van der Waals surface area (Å²) < 4.78 is 1.86. The summed E-state index contributed by atoms with van der Waals surface area (Å²) in [5.74, 6) is 0.258. The summed E-state index contributed by atoms with van der Waals surface area (Å²) in [6.07, 6.45) is 5.38. The molecule has 12 heavy (non-hydrogen) atoms. The normalized spacial score (nSPS) is 19.7. The molecule has 0 amide bonds. The summed E-state index contributed by atoms with van der Waals surface area (Å²) in [7, 11) is 0. The monoisotopic (exact) mass is 167 g/mol. The molecule has 4 heteroatoms. The van der Waals surface area contributed by atoms with Crippen molar-refractivity contribution in [2.45, 2.75) is 18.9 Å². The van der Waals surface area contributed by atoms with Crippen LogP contribution >= 0.6 is 0 Å².